The smallest absolute Gasteiger partial charge is 0.286 e. The van der Waals surface area contributed by atoms with Crippen molar-refractivity contribution < 1.29 is 13.8 Å². The van der Waals surface area contributed by atoms with Crippen LogP contribution in [0.25, 0.3) is 11.1 Å². The minimum Gasteiger partial charge on any atom is -0.385 e. The maximum absolute atomic E-state index is 13.4. The monoisotopic (exact) mass is 573 g/mol. The molecule has 4 rings (SSSR count). The first kappa shape index (κ1) is 29.6. The number of hydrogen-bond donors (Lipinski definition) is 2. The van der Waals surface area contributed by atoms with E-state index in [1.165, 1.54) is 17.1 Å². The Morgan fingerprint density at radius 1 is 1.00 bits per heavy atom. The number of hydrogen-bond acceptors (Lipinski definition) is 7. The van der Waals surface area contributed by atoms with Crippen molar-refractivity contribution in [3.8, 4) is 11.1 Å². The molecule has 1 unspecified atom stereocenters. The zero-order chi connectivity index (χ0) is 29.6. The van der Waals surface area contributed by atoms with Gasteiger partial charge in [0.2, 0.25) is 0 Å². The molecule has 214 valence electrons. The number of anilines is 2. The average Bonchev–Trinajstić information content (AvgIpc) is 3.29. The minimum absolute atomic E-state index is 0.219. The largest absolute Gasteiger partial charge is 0.385 e. The second-order valence-electron chi connectivity index (χ2n) is 10.1. The van der Waals surface area contributed by atoms with Gasteiger partial charge < -0.3 is 15.5 Å². The van der Waals surface area contributed by atoms with Crippen molar-refractivity contribution >= 4 is 32.9 Å². The maximum atomic E-state index is 13.4. The van der Waals surface area contributed by atoms with Gasteiger partial charge in [-0.25, -0.2) is 4.21 Å². The van der Waals surface area contributed by atoms with E-state index in [0.29, 0.717) is 21.8 Å². The van der Waals surface area contributed by atoms with Gasteiger partial charge in [-0.15, -0.1) is 0 Å². The zero-order valence-electron chi connectivity index (χ0n) is 23.9. The van der Waals surface area contributed by atoms with Gasteiger partial charge in [-0.3, -0.25) is 19.3 Å². The molecular weight excluding hydrogens is 538 g/mol. The second-order valence-corrected chi connectivity index (χ2v) is 12.4. The molecule has 0 spiro atoms. The lowest BCUT2D eigenvalue weighted by Gasteiger charge is -2.11. The van der Waals surface area contributed by atoms with Gasteiger partial charge in [-0.1, -0.05) is 12.1 Å². The van der Waals surface area contributed by atoms with Crippen LogP contribution in [0.4, 0.5) is 11.4 Å². The molecule has 2 aromatic heterocycles. The Balaban J connectivity index is 1.48. The molecule has 2 N–H and O–H groups in total. The highest BCUT2D eigenvalue weighted by Gasteiger charge is 2.15. The summed E-state index contributed by atoms with van der Waals surface area (Å²) < 4.78 is 19.0. The number of aryl methyl sites for hydroxylation is 2. The van der Waals surface area contributed by atoms with Crippen LogP contribution in [0.15, 0.2) is 82.3 Å². The SMILES string of the molecule is Cc1cc(C(=O)Nc2cccc(-c3cncc(C(=O)N=S(C)(=O)c4ccc(NCCCN(C)C)cc4)c3)c2)n(C)n1. The van der Waals surface area contributed by atoms with Gasteiger partial charge in [0.05, 0.1) is 21.0 Å². The third-order valence-electron chi connectivity index (χ3n) is 6.33. The Morgan fingerprint density at radius 3 is 2.44 bits per heavy atom. The molecule has 0 fully saturated rings. The zero-order valence-corrected chi connectivity index (χ0v) is 24.7. The van der Waals surface area contributed by atoms with Crippen molar-refractivity contribution in [3.05, 3.63) is 90.0 Å². The highest BCUT2D eigenvalue weighted by molar-refractivity contribution is 7.93. The number of pyridine rings is 1. The number of carbonyl (C=O) groups is 2. The third kappa shape index (κ3) is 7.86. The fourth-order valence-corrected chi connectivity index (χ4v) is 5.39. The highest BCUT2D eigenvalue weighted by Crippen LogP contribution is 2.24. The summed E-state index contributed by atoms with van der Waals surface area (Å²) in [6.07, 6.45) is 5.48. The number of nitrogens with one attached hydrogen (secondary N) is 2. The second kappa shape index (κ2) is 12.9. The van der Waals surface area contributed by atoms with Crippen LogP contribution in [0.5, 0.6) is 0 Å². The molecule has 11 heteroatoms. The average molecular weight is 574 g/mol. The molecule has 10 nitrogen and oxygen atoms in total. The summed E-state index contributed by atoms with van der Waals surface area (Å²) in [6, 6.07) is 17.7. The number of amides is 2. The summed E-state index contributed by atoms with van der Waals surface area (Å²) in [5, 5.41) is 10.4. The number of aromatic nitrogens is 3. The van der Waals surface area contributed by atoms with E-state index < -0.39 is 15.6 Å². The van der Waals surface area contributed by atoms with Crippen LogP contribution in [0.1, 0.15) is 33.0 Å². The van der Waals surface area contributed by atoms with E-state index in [1.807, 2.05) is 39.2 Å². The van der Waals surface area contributed by atoms with Crippen molar-refractivity contribution in [2.75, 3.05) is 44.1 Å². The summed E-state index contributed by atoms with van der Waals surface area (Å²) in [5.41, 5.74) is 4.32. The topological polar surface area (TPSA) is 122 Å². The summed E-state index contributed by atoms with van der Waals surface area (Å²) in [6.45, 7) is 3.63. The maximum Gasteiger partial charge on any atom is 0.286 e. The molecule has 0 aliphatic rings. The van der Waals surface area contributed by atoms with E-state index in [9.17, 15) is 13.8 Å². The molecular formula is C30H35N7O3S. The van der Waals surface area contributed by atoms with E-state index >= 15 is 0 Å². The van der Waals surface area contributed by atoms with Crippen molar-refractivity contribution in [2.45, 2.75) is 18.2 Å². The van der Waals surface area contributed by atoms with Gasteiger partial charge in [-0.05, 0) is 88.1 Å². The van der Waals surface area contributed by atoms with Crippen LogP contribution in [0.3, 0.4) is 0 Å². The Morgan fingerprint density at radius 2 is 1.76 bits per heavy atom. The quantitative estimate of drug-likeness (QED) is 0.264. The van der Waals surface area contributed by atoms with Gasteiger partial charge in [-0.2, -0.15) is 9.46 Å². The molecule has 0 bridgehead atoms. The Bertz CT molecular complexity index is 1670. The first-order valence-corrected chi connectivity index (χ1v) is 15.1. The highest BCUT2D eigenvalue weighted by atomic mass is 32.2. The molecule has 0 radical (unpaired) electrons. The van der Waals surface area contributed by atoms with Gasteiger partial charge in [0.1, 0.15) is 5.69 Å². The minimum atomic E-state index is -2.98. The van der Waals surface area contributed by atoms with Gasteiger partial charge in [0, 0.05) is 54.1 Å². The summed E-state index contributed by atoms with van der Waals surface area (Å²) >= 11 is 0. The van der Waals surface area contributed by atoms with Crippen molar-refractivity contribution in [1.29, 1.82) is 0 Å². The van der Waals surface area contributed by atoms with Gasteiger partial charge in [0.25, 0.3) is 11.8 Å². The number of nitrogens with zero attached hydrogens (tertiary/aromatic N) is 5. The predicted octanol–water partition coefficient (Wildman–Crippen LogP) is 4.70. The molecule has 1 atom stereocenters. The normalized spacial score (nSPS) is 12.5. The van der Waals surface area contributed by atoms with Crippen molar-refractivity contribution in [3.63, 3.8) is 0 Å². The first-order valence-electron chi connectivity index (χ1n) is 13.1. The first-order chi connectivity index (χ1) is 19.5. The Kier molecular flexibility index (Phi) is 9.31. The molecule has 0 aliphatic heterocycles. The van der Waals surface area contributed by atoms with E-state index in [1.54, 1.807) is 55.7 Å². The summed E-state index contributed by atoms with van der Waals surface area (Å²) in [5.74, 6) is -0.897. The van der Waals surface area contributed by atoms with Gasteiger partial charge in [0.15, 0.2) is 0 Å². The Hall–Kier alpha value is -4.35. The van der Waals surface area contributed by atoms with E-state index in [0.717, 1.165) is 36.5 Å². The van der Waals surface area contributed by atoms with Crippen LogP contribution in [0.2, 0.25) is 0 Å². The molecule has 4 aromatic rings. The van der Waals surface area contributed by atoms with Crippen LogP contribution in [0, 0.1) is 6.92 Å². The standard InChI is InChI=1S/C30H35N7O3S/c1-21-16-28(37(4)34-21)30(39)33-26-9-6-8-22(18-26)23-17-24(20-31-19-23)29(38)35-41(5,40)27-12-10-25(11-13-27)32-14-7-15-36(2)3/h6,8-13,16-20,32H,7,14-15H2,1-5H3,(H,33,39). The number of benzene rings is 2. The number of rotatable bonds is 10. The molecule has 2 heterocycles. The predicted molar refractivity (Wildman–Crippen MR) is 163 cm³/mol. The van der Waals surface area contributed by atoms with Gasteiger partial charge >= 0.3 is 0 Å². The molecule has 2 aromatic carbocycles. The van der Waals surface area contributed by atoms with Crippen molar-refractivity contribution in [1.82, 2.24) is 19.7 Å². The molecule has 0 saturated heterocycles. The van der Waals surface area contributed by atoms with Crippen molar-refractivity contribution in [2.24, 2.45) is 11.4 Å². The summed E-state index contributed by atoms with van der Waals surface area (Å²) in [7, 11) is 2.81. The van der Waals surface area contributed by atoms with Crippen LogP contribution in [-0.4, -0.2) is 69.1 Å². The number of carbonyl (C=O) groups excluding carboxylic acids is 2. The lowest BCUT2D eigenvalue weighted by molar-refractivity contribution is 0.0999. The third-order valence-corrected chi connectivity index (χ3v) is 7.99. The molecule has 41 heavy (non-hydrogen) atoms. The molecule has 2 amide bonds. The lowest BCUT2D eigenvalue weighted by atomic mass is 10.1. The fraction of sp³-hybridized carbons (Fsp3) is 0.267. The summed E-state index contributed by atoms with van der Waals surface area (Å²) in [4.78, 5) is 32.6. The van der Waals surface area contributed by atoms with Crippen LogP contribution >= 0.6 is 0 Å². The Labute approximate surface area is 241 Å². The van der Waals surface area contributed by atoms with Crippen LogP contribution < -0.4 is 10.6 Å². The lowest BCUT2D eigenvalue weighted by Crippen LogP contribution is -2.16. The molecule has 0 aliphatic carbocycles. The molecule has 0 saturated carbocycles. The van der Waals surface area contributed by atoms with E-state index in [-0.39, 0.29) is 11.5 Å². The fourth-order valence-electron chi connectivity index (χ4n) is 4.23. The van der Waals surface area contributed by atoms with E-state index in [4.69, 9.17) is 0 Å². The van der Waals surface area contributed by atoms with Crippen LogP contribution in [-0.2, 0) is 16.8 Å². The van der Waals surface area contributed by atoms with E-state index in [2.05, 4.69) is 30.0 Å².